The Bertz CT molecular complexity index is 914. The van der Waals surface area contributed by atoms with Crippen LogP contribution in [-0.2, 0) is 14.3 Å². The Balaban J connectivity index is 1.72. The van der Waals surface area contributed by atoms with Crippen LogP contribution in [0, 0.1) is 0 Å². The number of fused-ring (bicyclic) bond motifs is 1. The van der Waals surface area contributed by atoms with Crippen molar-refractivity contribution in [2.45, 2.75) is 32.6 Å². The molecule has 0 atom stereocenters. The van der Waals surface area contributed by atoms with Gasteiger partial charge in [-0.1, -0.05) is 12.1 Å². The zero-order valence-corrected chi connectivity index (χ0v) is 16.7. The Morgan fingerprint density at radius 1 is 1.10 bits per heavy atom. The van der Waals surface area contributed by atoms with Crippen molar-refractivity contribution < 1.29 is 23.9 Å². The van der Waals surface area contributed by atoms with E-state index in [1.807, 2.05) is 24.3 Å². The van der Waals surface area contributed by atoms with Gasteiger partial charge in [-0.3, -0.25) is 19.4 Å². The predicted octanol–water partition coefficient (Wildman–Crippen LogP) is 2.57. The van der Waals surface area contributed by atoms with Crippen molar-refractivity contribution in [2.24, 2.45) is 0 Å². The monoisotopic (exact) mass is 399 g/mol. The summed E-state index contributed by atoms with van der Waals surface area (Å²) in [6, 6.07) is 9.03. The number of carbonyl (C=O) groups excluding carboxylic acids is 3. The highest BCUT2D eigenvalue weighted by Gasteiger charge is 2.32. The van der Waals surface area contributed by atoms with Crippen molar-refractivity contribution in [2.75, 3.05) is 26.8 Å². The quantitative estimate of drug-likeness (QED) is 0.665. The van der Waals surface area contributed by atoms with Gasteiger partial charge in [0.2, 0.25) is 5.91 Å². The Hall–Kier alpha value is -3.16. The highest BCUT2D eigenvalue weighted by atomic mass is 16.5. The summed E-state index contributed by atoms with van der Waals surface area (Å²) >= 11 is 0. The smallest absolute Gasteiger partial charge is 0.305 e. The lowest BCUT2D eigenvalue weighted by atomic mass is 10.1. The van der Waals surface area contributed by atoms with E-state index in [2.05, 4.69) is 4.98 Å². The second-order valence-corrected chi connectivity index (χ2v) is 6.68. The standard InChI is InChI=1S/C21H25N3O5/c1-3-29-20(26)11-6-10-19(25)23-12-7-13-24(23)21(27)17-14-18(28-2)15-8-4-5-9-16(15)22-17/h4-5,8-9,14H,3,6-7,10-13H2,1-2H3. The van der Waals surface area contributed by atoms with E-state index >= 15 is 0 Å². The lowest BCUT2D eigenvalue weighted by molar-refractivity contribution is -0.144. The number of hydrogen-bond donors (Lipinski definition) is 0. The van der Waals surface area contributed by atoms with E-state index in [0.29, 0.717) is 43.8 Å². The molecule has 8 nitrogen and oxygen atoms in total. The molecule has 29 heavy (non-hydrogen) atoms. The molecule has 2 amide bonds. The third kappa shape index (κ3) is 4.64. The number of methoxy groups -OCH3 is 1. The molecule has 0 unspecified atom stereocenters. The Morgan fingerprint density at radius 3 is 2.62 bits per heavy atom. The molecular formula is C21H25N3O5. The lowest BCUT2D eigenvalue weighted by Crippen LogP contribution is -2.45. The summed E-state index contributed by atoms with van der Waals surface area (Å²) in [4.78, 5) is 41.6. The minimum atomic E-state index is -0.342. The fraction of sp³-hybridized carbons (Fsp3) is 0.429. The minimum Gasteiger partial charge on any atom is -0.496 e. The Morgan fingerprint density at radius 2 is 1.86 bits per heavy atom. The van der Waals surface area contributed by atoms with Crippen LogP contribution in [-0.4, -0.2) is 59.6 Å². The molecule has 1 fully saturated rings. The largest absolute Gasteiger partial charge is 0.496 e. The SMILES string of the molecule is CCOC(=O)CCCC(=O)N1CCCN1C(=O)c1cc(OC)c2ccccc2n1. The summed E-state index contributed by atoms with van der Waals surface area (Å²) in [7, 11) is 1.55. The number of nitrogens with zero attached hydrogens (tertiary/aromatic N) is 3. The van der Waals surface area contributed by atoms with E-state index in [0.717, 1.165) is 5.39 Å². The molecule has 0 radical (unpaired) electrons. The molecule has 0 spiro atoms. The summed E-state index contributed by atoms with van der Waals surface area (Å²) in [6.07, 6.45) is 1.44. The zero-order chi connectivity index (χ0) is 20.8. The molecule has 3 rings (SSSR count). The maximum Gasteiger partial charge on any atom is 0.305 e. The fourth-order valence-corrected chi connectivity index (χ4v) is 3.38. The molecule has 0 saturated carbocycles. The van der Waals surface area contributed by atoms with E-state index in [1.54, 1.807) is 20.1 Å². The van der Waals surface area contributed by atoms with Crippen LogP contribution in [0.2, 0.25) is 0 Å². The first-order valence-electron chi connectivity index (χ1n) is 9.76. The first kappa shape index (κ1) is 20.6. The van der Waals surface area contributed by atoms with Crippen LogP contribution in [0.15, 0.2) is 30.3 Å². The van der Waals surface area contributed by atoms with Crippen LogP contribution in [0.1, 0.15) is 43.1 Å². The van der Waals surface area contributed by atoms with Gasteiger partial charge >= 0.3 is 5.97 Å². The van der Waals surface area contributed by atoms with Gasteiger partial charge < -0.3 is 9.47 Å². The Kier molecular flexibility index (Phi) is 6.64. The first-order valence-corrected chi connectivity index (χ1v) is 9.76. The number of esters is 1. The van der Waals surface area contributed by atoms with E-state index in [-0.39, 0.29) is 36.3 Å². The average Bonchev–Trinajstić information content (AvgIpc) is 3.22. The van der Waals surface area contributed by atoms with E-state index in [1.165, 1.54) is 10.0 Å². The number of aromatic nitrogens is 1. The number of carbonyl (C=O) groups is 3. The number of amides is 2. The molecule has 154 valence electrons. The number of ether oxygens (including phenoxy) is 2. The van der Waals surface area contributed by atoms with E-state index in [4.69, 9.17) is 9.47 Å². The fourth-order valence-electron chi connectivity index (χ4n) is 3.38. The molecule has 2 heterocycles. The third-order valence-corrected chi connectivity index (χ3v) is 4.75. The van der Waals surface area contributed by atoms with Crippen LogP contribution >= 0.6 is 0 Å². The van der Waals surface area contributed by atoms with Gasteiger partial charge in [-0.2, -0.15) is 0 Å². The van der Waals surface area contributed by atoms with Crippen molar-refractivity contribution in [1.82, 2.24) is 15.0 Å². The highest BCUT2D eigenvalue weighted by molar-refractivity contribution is 5.98. The summed E-state index contributed by atoms with van der Waals surface area (Å²) in [5.74, 6) is -0.286. The zero-order valence-electron chi connectivity index (χ0n) is 16.7. The van der Waals surface area contributed by atoms with Gasteiger partial charge in [-0.15, -0.1) is 0 Å². The molecule has 0 N–H and O–H groups in total. The molecular weight excluding hydrogens is 374 g/mol. The number of hydrogen-bond acceptors (Lipinski definition) is 6. The second-order valence-electron chi connectivity index (χ2n) is 6.68. The molecule has 2 aromatic rings. The minimum absolute atomic E-state index is 0.178. The molecule has 1 aromatic heterocycles. The molecule has 0 aliphatic carbocycles. The normalized spacial score (nSPS) is 13.6. The summed E-state index contributed by atoms with van der Waals surface area (Å²) in [5.41, 5.74) is 0.883. The van der Waals surface area contributed by atoms with E-state index < -0.39 is 0 Å². The van der Waals surface area contributed by atoms with Gasteiger partial charge in [-0.25, -0.2) is 9.99 Å². The topological polar surface area (TPSA) is 89.0 Å². The first-order chi connectivity index (χ1) is 14.0. The van der Waals surface area contributed by atoms with Gasteiger partial charge in [-0.05, 0) is 31.9 Å². The van der Waals surface area contributed by atoms with Crippen LogP contribution in [0.5, 0.6) is 5.75 Å². The molecule has 1 aliphatic heterocycles. The van der Waals surface area contributed by atoms with Crippen LogP contribution in [0.3, 0.4) is 0 Å². The van der Waals surface area contributed by atoms with E-state index in [9.17, 15) is 14.4 Å². The number of benzene rings is 1. The number of rotatable bonds is 7. The van der Waals surface area contributed by atoms with Crippen molar-refractivity contribution in [3.8, 4) is 5.75 Å². The molecule has 1 aliphatic rings. The van der Waals surface area contributed by atoms with Crippen LogP contribution in [0.25, 0.3) is 10.9 Å². The van der Waals surface area contributed by atoms with Crippen LogP contribution in [0.4, 0.5) is 0 Å². The van der Waals surface area contributed by atoms with Gasteiger partial charge in [0.05, 0.1) is 19.2 Å². The van der Waals surface area contributed by atoms with Gasteiger partial charge in [0.1, 0.15) is 11.4 Å². The maximum absolute atomic E-state index is 13.1. The average molecular weight is 399 g/mol. The van der Waals surface area contributed by atoms with Crippen molar-refractivity contribution in [3.05, 3.63) is 36.0 Å². The highest BCUT2D eigenvalue weighted by Crippen LogP contribution is 2.26. The molecule has 8 heteroatoms. The number of para-hydroxylation sites is 1. The summed E-state index contributed by atoms with van der Waals surface area (Å²) < 4.78 is 10.3. The summed E-state index contributed by atoms with van der Waals surface area (Å²) in [5, 5.41) is 3.71. The maximum atomic E-state index is 13.1. The van der Waals surface area contributed by atoms with Gasteiger partial charge in [0.25, 0.3) is 5.91 Å². The number of hydrazine groups is 1. The molecule has 0 bridgehead atoms. The second kappa shape index (κ2) is 9.36. The van der Waals surface area contributed by atoms with Crippen molar-refractivity contribution in [3.63, 3.8) is 0 Å². The predicted molar refractivity (Wildman–Crippen MR) is 106 cm³/mol. The van der Waals surface area contributed by atoms with Crippen molar-refractivity contribution >= 4 is 28.7 Å². The summed E-state index contributed by atoms with van der Waals surface area (Å²) in [6.45, 7) is 2.98. The lowest BCUT2D eigenvalue weighted by Gasteiger charge is -2.27. The van der Waals surface area contributed by atoms with Crippen molar-refractivity contribution in [1.29, 1.82) is 0 Å². The third-order valence-electron chi connectivity index (χ3n) is 4.75. The van der Waals surface area contributed by atoms with Gasteiger partial charge in [0.15, 0.2) is 0 Å². The molecule has 1 saturated heterocycles. The number of pyridine rings is 1. The Labute approximate surface area is 169 Å². The van der Waals surface area contributed by atoms with Gasteiger partial charge in [0, 0.05) is 37.4 Å². The van der Waals surface area contributed by atoms with Crippen LogP contribution < -0.4 is 4.74 Å². The molecule has 1 aromatic carbocycles.